The van der Waals surface area contributed by atoms with Crippen LogP contribution in [-0.2, 0) is 15.2 Å². The maximum absolute atomic E-state index is 11.3. The first-order valence-corrected chi connectivity index (χ1v) is 12.8. The number of rotatable bonds is 6. The number of hydrogen-bond acceptors (Lipinski definition) is 7. The SMILES string of the molecule is COc1ccc(C2OC[C@@H]3C[C@@H](n4ccc5c(SCc6ccccc6)ncnc54)[C@H](O)[C@@H]3O2)cc1. The van der Waals surface area contributed by atoms with Crippen LogP contribution in [-0.4, -0.2) is 45.6 Å². The lowest BCUT2D eigenvalue weighted by molar-refractivity contribution is -0.249. The van der Waals surface area contributed by atoms with Crippen molar-refractivity contribution in [3.8, 4) is 5.75 Å². The van der Waals surface area contributed by atoms with Crippen molar-refractivity contribution in [2.45, 2.75) is 41.7 Å². The molecule has 180 valence electrons. The van der Waals surface area contributed by atoms with Crippen molar-refractivity contribution >= 4 is 22.8 Å². The van der Waals surface area contributed by atoms with Gasteiger partial charge in [-0.2, -0.15) is 0 Å². The molecule has 0 spiro atoms. The van der Waals surface area contributed by atoms with Crippen LogP contribution in [0.1, 0.15) is 29.9 Å². The van der Waals surface area contributed by atoms with Crippen LogP contribution in [0.25, 0.3) is 11.0 Å². The lowest BCUT2D eigenvalue weighted by Crippen LogP contribution is -2.39. The molecule has 35 heavy (non-hydrogen) atoms. The van der Waals surface area contributed by atoms with E-state index in [1.165, 1.54) is 5.56 Å². The number of ether oxygens (including phenoxy) is 3. The zero-order valence-electron chi connectivity index (χ0n) is 19.4. The molecule has 0 bridgehead atoms. The van der Waals surface area contributed by atoms with E-state index in [4.69, 9.17) is 14.2 Å². The zero-order valence-corrected chi connectivity index (χ0v) is 20.2. The third-order valence-electron chi connectivity index (χ3n) is 6.92. The molecule has 1 saturated carbocycles. The molecule has 5 atom stereocenters. The fraction of sp³-hybridized carbons (Fsp3) is 0.333. The summed E-state index contributed by atoms with van der Waals surface area (Å²) in [5.74, 6) is 1.74. The van der Waals surface area contributed by atoms with Crippen LogP contribution in [0.5, 0.6) is 5.75 Å². The molecule has 2 aromatic carbocycles. The van der Waals surface area contributed by atoms with Crippen LogP contribution in [0.3, 0.4) is 0 Å². The van der Waals surface area contributed by atoms with E-state index < -0.39 is 12.4 Å². The van der Waals surface area contributed by atoms with Gasteiger partial charge < -0.3 is 23.9 Å². The molecule has 1 aliphatic heterocycles. The molecule has 7 nitrogen and oxygen atoms in total. The highest BCUT2D eigenvalue weighted by atomic mass is 32.2. The van der Waals surface area contributed by atoms with Crippen molar-refractivity contribution < 1.29 is 19.3 Å². The standard InChI is InChI=1S/C27H27N3O4S/c1-32-20-9-7-18(8-10-20)27-33-14-19-13-22(23(31)24(19)34-27)30-12-11-21-25(30)28-16-29-26(21)35-15-17-5-3-2-4-6-17/h2-12,16,19,22-24,27,31H,13-15H2,1H3/t19-,22+,23-,24+,27?/m0/s1. The highest BCUT2D eigenvalue weighted by Gasteiger charge is 2.48. The monoisotopic (exact) mass is 489 g/mol. The van der Waals surface area contributed by atoms with E-state index in [0.717, 1.165) is 39.5 Å². The first-order valence-electron chi connectivity index (χ1n) is 11.8. The molecule has 2 aliphatic rings. The van der Waals surface area contributed by atoms with Crippen LogP contribution in [0.2, 0.25) is 0 Å². The Bertz CT molecular complexity index is 1300. The van der Waals surface area contributed by atoms with Gasteiger partial charge >= 0.3 is 0 Å². The molecular weight excluding hydrogens is 462 g/mol. The second kappa shape index (κ2) is 9.62. The molecule has 1 N–H and O–H groups in total. The average molecular weight is 490 g/mol. The third kappa shape index (κ3) is 4.31. The number of fused-ring (bicyclic) bond motifs is 2. The molecule has 1 aliphatic carbocycles. The minimum absolute atomic E-state index is 0.121. The van der Waals surface area contributed by atoms with Gasteiger partial charge in [0, 0.05) is 23.4 Å². The topological polar surface area (TPSA) is 78.6 Å². The fourth-order valence-electron chi connectivity index (χ4n) is 5.10. The maximum Gasteiger partial charge on any atom is 0.184 e. The van der Waals surface area contributed by atoms with Gasteiger partial charge in [0.25, 0.3) is 0 Å². The Morgan fingerprint density at radius 1 is 1.09 bits per heavy atom. The second-order valence-electron chi connectivity index (χ2n) is 9.01. The van der Waals surface area contributed by atoms with E-state index in [9.17, 15) is 5.11 Å². The molecule has 0 radical (unpaired) electrons. The highest BCUT2D eigenvalue weighted by molar-refractivity contribution is 7.98. The summed E-state index contributed by atoms with van der Waals surface area (Å²) < 4.78 is 19.6. The van der Waals surface area contributed by atoms with Gasteiger partial charge in [0.15, 0.2) is 6.29 Å². The van der Waals surface area contributed by atoms with Gasteiger partial charge in [0.05, 0.1) is 31.2 Å². The maximum atomic E-state index is 11.3. The van der Waals surface area contributed by atoms with Crippen molar-refractivity contribution in [3.05, 3.63) is 84.3 Å². The van der Waals surface area contributed by atoms with E-state index in [0.29, 0.717) is 6.61 Å². The lowest BCUT2D eigenvalue weighted by Gasteiger charge is -2.34. The molecule has 8 heteroatoms. The number of hydrogen-bond donors (Lipinski definition) is 1. The average Bonchev–Trinajstić information content (AvgIpc) is 3.49. The van der Waals surface area contributed by atoms with Crippen LogP contribution in [0.4, 0.5) is 0 Å². The normalized spacial score (nSPS) is 26.1. The van der Waals surface area contributed by atoms with E-state index in [1.807, 2.05) is 48.7 Å². The smallest absolute Gasteiger partial charge is 0.184 e. The summed E-state index contributed by atoms with van der Waals surface area (Å²) in [6.45, 7) is 0.543. The Balaban J connectivity index is 1.20. The largest absolute Gasteiger partial charge is 0.497 e. The van der Waals surface area contributed by atoms with Gasteiger partial charge in [-0.1, -0.05) is 42.5 Å². The number of benzene rings is 2. The van der Waals surface area contributed by atoms with E-state index in [1.54, 1.807) is 25.2 Å². The summed E-state index contributed by atoms with van der Waals surface area (Å²) >= 11 is 1.70. The molecule has 1 unspecified atom stereocenters. The predicted molar refractivity (Wildman–Crippen MR) is 133 cm³/mol. The molecule has 0 amide bonds. The van der Waals surface area contributed by atoms with Gasteiger partial charge in [-0.25, -0.2) is 9.97 Å². The summed E-state index contributed by atoms with van der Waals surface area (Å²) in [4.78, 5) is 9.11. The van der Waals surface area contributed by atoms with Gasteiger partial charge in [0.2, 0.25) is 0 Å². The molecule has 6 rings (SSSR count). The van der Waals surface area contributed by atoms with Gasteiger partial charge in [-0.05, 0) is 30.2 Å². The van der Waals surface area contributed by atoms with Gasteiger partial charge in [-0.3, -0.25) is 0 Å². The summed E-state index contributed by atoms with van der Waals surface area (Å²) in [6.07, 6.45) is 2.93. The molecule has 1 saturated heterocycles. The molecule has 3 heterocycles. The van der Waals surface area contributed by atoms with Crippen LogP contribution in [0.15, 0.2) is 78.2 Å². The number of aromatic nitrogens is 3. The number of aliphatic hydroxyl groups excluding tert-OH is 1. The number of methoxy groups -OCH3 is 1. The van der Waals surface area contributed by atoms with Crippen molar-refractivity contribution in [2.75, 3.05) is 13.7 Å². The van der Waals surface area contributed by atoms with Gasteiger partial charge in [0.1, 0.15) is 28.9 Å². The van der Waals surface area contributed by atoms with Crippen LogP contribution in [0, 0.1) is 5.92 Å². The molecule has 4 aromatic rings. The highest BCUT2D eigenvalue weighted by Crippen LogP contribution is 2.44. The predicted octanol–water partition coefficient (Wildman–Crippen LogP) is 4.77. The summed E-state index contributed by atoms with van der Waals surface area (Å²) in [7, 11) is 1.64. The minimum atomic E-state index is -0.657. The van der Waals surface area contributed by atoms with Crippen molar-refractivity contribution in [2.24, 2.45) is 5.92 Å². The molecular formula is C27H27N3O4S. The van der Waals surface area contributed by atoms with Crippen LogP contribution < -0.4 is 4.74 Å². The number of aliphatic hydroxyl groups is 1. The first-order chi connectivity index (χ1) is 17.2. The van der Waals surface area contributed by atoms with Crippen LogP contribution >= 0.6 is 11.8 Å². The third-order valence-corrected chi connectivity index (χ3v) is 7.99. The molecule has 2 aromatic heterocycles. The Hall–Kier alpha value is -2.91. The summed E-state index contributed by atoms with van der Waals surface area (Å²) in [5.41, 5.74) is 3.01. The summed E-state index contributed by atoms with van der Waals surface area (Å²) in [6, 6.07) is 19.9. The Morgan fingerprint density at radius 3 is 2.71 bits per heavy atom. The van der Waals surface area contributed by atoms with Crippen molar-refractivity contribution in [1.29, 1.82) is 0 Å². The lowest BCUT2D eigenvalue weighted by atomic mass is 10.0. The minimum Gasteiger partial charge on any atom is -0.497 e. The first kappa shape index (κ1) is 22.5. The quantitative estimate of drug-likeness (QED) is 0.309. The van der Waals surface area contributed by atoms with Crippen molar-refractivity contribution in [1.82, 2.24) is 14.5 Å². The molecule has 2 fully saturated rings. The van der Waals surface area contributed by atoms with Crippen molar-refractivity contribution in [3.63, 3.8) is 0 Å². The number of thioether (sulfide) groups is 1. The van der Waals surface area contributed by atoms with E-state index in [-0.39, 0.29) is 18.1 Å². The van der Waals surface area contributed by atoms with E-state index >= 15 is 0 Å². The zero-order chi connectivity index (χ0) is 23.8. The number of nitrogens with zero attached hydrogens (tertiary/aromatic N) is 3. The van der Waals surface area contributed by atoms with Gasteiger partial charge in [-0.15, -0.1) is 11.8 Å². The summed E-state index contributed by atoms with van der Waals surface area (Å²) in [5, 5.41) is 13.3. The van der Waals surface area contributed by atoms with E-state index in [2.05, 4.69) is 32.7 Å². The second-order valence-corrected chi connectivity index (χ2v) is 9.97. The Morgan fingerprint density at radius 2 is 1.91 bits per heavy atom. The fourth-order valence-corrected chi connectivity index (χ4v) is 6.03. The Kier molecular flexibility index (Phi) is 6.20. The Labute approximate surface area is 208 Å².